The molecule has 1 aliphatic heterocycles. The molecule has 0 aliphatic carbocycles. The van der Waals surface area contributed by atoms with Crippen LogP contribution in [0.15, 0.2) is 18.3 Å². The molecule has 1 aromatic rings. The second-order valence-corrected chi connectivity index (χ2v) is 5.84. The van der Waals surface area contributed by atoms with Gasteiger partial charge >= 0.3 is 0 Å². The van der Waals surface area contributed by atoms with E-state index < -0.39 is 0 Å². The molecule has 0 unspecified atom stereocenters. The molecular formula is C15H26N4. The molecule has 2 rings (SSSR count). The van der Waals surface area contributed by atoms with Crippen LogP contribution in [0.1, 0.15) is 24.1 Å². The molecule has 2 heterocycles. The zero-order valence-electron chi connectivity index (χ0n) is 12.2. The topological polar surface area (TPSA) is 45.4 Å². The first-order chi connectivity index (χ1) is 9.17. The standard InChI is InChI=1S/C15H26N4/c1-18(2)11-13-5-7-19(8-6-13)12-15-4-3-14(9-16)10-17-15/h3-4,10,13H,5-9,11-12,16H2,1-2H3. The summed E-state index contributed by atoms with van der Waals surface area (Å²) in [6.45, 7) is 5.15. The number of likely N-dealkylation sites (tertiary alicyclic amines) is 1. The number of piperidine rings is 1. The van der Waals surface area contributed by atoms with E-state index in [2.05, 4.69) is 41.0 Å². The Kier molecular flexibility index (Phi) is 5.31. The van der Waals surface area contributed by atoms with Gasteiger partial charge in [-0.05, 0) is 57.6 Å². The summed E-state index contributed by atoms with van der Waals surface area (Å²) in [5.41, 5.74) is 7.85. The van der Waals surface area contributed by atoms with Crippen LogP contribution in [0, 0.1) is 5.92 Å². The van der Waals surface area contributed by atoms with Gasteiger partial charge in [0.2, 0.25) is 0 Å². The summed E-state index contributed by atoms with van der Waals surface area (Å²) < 4.78 is 0. The fourth-order valence-electron chi connectivity index (χ4n) is 2.74. The number of hydrogen-bond donors (Lipinski definition) is 1. The predicted molar refractivity (Wildman–Crippen MR) is 78.7 cm³/mol. The van der Waals surface area contributed by atoms with Crippen molar-refractivity contribution in [3.8, 4) is 0 Å². The largest absolute Gasteiger partial charge is 0.326 e. The van der Waals surface area contributed by atoms with Crippen molar-refractivity contribution in [2.75, 3.05) is 33.7 Å². The minimum absolute atomic E-state index is 0.573. The van der Waals surface area contributed by atoms with Gasteiger partial charge in [0, 0.05) is 25.8 Å². The van der Waals surface area contributed by atoms with E-state index in [1.807, 2.05) is 6.20 Å². The number of aromatic nitrogens is 1. The highest BCUT2D eigenvalue weighted by Crippen LogP contribution is 2.19. The average Bonchev–Trinajstić information content (AvgIpc) is 2.41. The molecule has 1 fully saturated rings. The first-order valence-electron chi connectivity index (χ1n) is 7.18. The monoisotopic (exact) mass is 262 g/mol. The summed E-state index contributed by atoms with van der Waals surface area (Å²) in [7, 11) is 4.32. The number of nitrogens with two attached hydrogens (primary N) is 1. The molecule has 0 spiro atoms. The van der Waals surface area contributed by atoms with E-state index in [1.165, 1.54) is 32.5 Å². The highest BCUT2D eigenvalue weighted by Gasteiger charge is 2.19. The van der Waals surface area contributed by atoms with Crippen molar-refractivity contribution < 1.29 is 0 Å². The van der Waals surface area contributed by atoms with E-state index in [0.717, 1.165) is 23.7 Å². The van der Waals surface area contributed by atoms with Gasteiger partial charge in [-0.1, -0.05) is 6.07 Å². The van der Waals surface area contributed by atoms with Gasteiger partial charge in [-0.25, -0.2) is 0 Å². The zero-order chi connectivity index (χ0) is 13.7. The molecule has 2 N–H and O–H groups in total. The van der Waals surface area contributed by atoms with Crippen LogP contribution in [0.3, 0.4) is 0 Å². The van der Waals surface area contributed by atoms with E-state index in [-0.39, 0.29) is 0 Å². The van der Waals surface area contributed by atoms with Crippen LogP contribution >= 0.6 is 0 Å². The van der Waals surface area contributed by atoms with Crippen molar-refractivity contribution in [1.29, 1.82) is 0 Å². The van der Waals surface area contributed by atoms with Gasteiger partial charge in [0.05, 0.1) is 5.69 Å². The molecule has 0 amide bonds. The molecule has 4 nitrogen and oxygen atoms in total. The SMILES string of the molecule is CN(C)CC1CCN(Cc2ccc(CN)cn2)CC1. The van der Waals surface area contributed by atoms with Gasteiger partial charge in [-0.15, -0.1) is 0 Å². The van der Waals surface area contributed by atoms with Gasteiger partial charge in [0.25, 0.3) is 0 Å². The van der Waals surface area contributed by atoms with Crippen LogP contribution in [0.5, 0.6) is 0 Å². The second-order valence-electron chi connectivity index (χ2n) is 5.84. The molecular weight excluding hydrogens is 236 g/mol. The third kappa shape index (κ3) is 4.56. The van der Waals surface area contributed by atoms with Gasteiger partial charge in [0.15, 0.2) is 0 Å². The maximum atomic E-state index is 5.58. The van der Waals surface area contributed by atoms with Gasteiger partial charge in [-0.2, -0.15) is 0 Å². The van der Waals surface area contributed by atoms with Gasteiger partial charge < -0.3 is 10.6 Å². The summed E-state index contributed by atoms with van der Waals surface area (Å²) in [5.74, 6) is 0.860. The Labute approximate surface area is 116 Å². The van der Waals surface area contributed by atoms with E-state index in [1.54, 1.807) is 0 Å². The Morgan fingerprint density at radius 1 is 1.32 bits per heavy atom. The predicted octanol–water partition coefficient (Wildman–Crippen LogP) is 1.31. The Morgan fingerprint density at radius 3 is 2.58 bits per heavy atom. The third-order valence-corrected chi connectivity index (χ3v) is 3.84. The van der Waals surface area contributed by atoms with Gasteiger partial charge in [-0.3, -0.25) is 9.88 Å². The molecule has 19 heavy (non-hydrogen) atoms. The Hall–Kier alpha value is -0.970. The van der Waals surface area contributed by atoms with Crippen LogP contribution in [-0.2, 0) is 13.1 Å². The highest BCUT2D eigenvalue weighted by atomic mass is 15.1. The average molecular weight is 262 g/mol. The Bertz CT molecular complexity index is 366. The van der Waals surface area contributed by atoms with Gasteiger partial charge in [0.1, 0.15) is 0 Å². The normalized spacial score (nSPS) is 18.1. The van der Waals surface area contributed by atoms with Crippen LogP contribution in [-0.4, -0.2) is 48.5 Å². The Morgan fingerprint density at radius 2 is 2.05 bits per heavy atom. The Balaban J connectivity index is 1.78. The fourth-order valence-corrected chi connectivity index (χ4v) is 2.74. The molecule has 0 saturated carbocycles. The maximum absolute atomic E-state index is 5.58. The number of pyridine rings is 1. The van der Waals surface area contributed by atoms with Crippen LogP contribution < -0.4 is 5.73 Å². The minimum Gasteiger partial charge on any atom is -0.326 e. The molecule has 0 radical (unpaired) electrons. The van der Waals surface area contributed by atoms with Crippen molar-refractivity contribution in [2.45, 2.75) is 25.9 Å². The zero-order valence-corrected chi connectivity index (χ0v) is 12.2. The van der Waals surface area contributed by atoms with Crippen LogP contribution in [0.2, 0.25) is 0 Å². The molecule has 1 saturated heterocycles. The quantitative estimate of drug-likeness (QED) is 0.869. The van der Waals surface area contributed by atoms with E-state index >= 15 is 0 Å². The lowest BCUT2D eigenvalue weighted by molar-refractivity contribution is 0.155. The van der Waals surface area contributed by atoms with Crippen molar-refractivity contribution >= 4 is 0 Å². The third-order valence-electron chi connectivity index (χ3n) is 3.84. The van der Waals surface area contributed by atoms with E-state index in [4.69, 9.17) is 5.73 Å². The second kappa shape index (κ2) is 6.98. The lowest BCUT2D eigenvalue weighted by Gasteiger charge is -2.32. The van der Waals surface area contributed by atoms with Crippen molar-refractivity contribution in [1.82, 2.24) is 14.8 Å². The summed E-state index contributed by atoms with van der Waals surface area (Å²) in [5, 5.41) is 0. The first kappa shape index (κ1) is 14.4. The van der Waals surface area contributed by atoms with Crippen LogP contribution in [0.4, 0.5) is 0 Å². The summed E-state index contributed by atoms with van der Waals surface area (Å²) >= 11 is 0. The number of hydrogen-bond acceptors (Lipinski definition) is 4. The van der Waals surface area contributed by atoms with Crippen LogP contribution in [0.25, 0.3) is 0 Å². The van der Waals surface area contributed by atoms with Crippen molar-refractivity contribution in [3.05, 3.63) is 29.6 Å². The van der Waals surface area contributed by atoms with E-state index in [0.29, 0.717) is 6.54 Å². The lowest BCUT2D eigenvalue weighted by atomic mass is 9.96. The summed E-state index contributed by atoms with van der Waals surface area (Å²) in [6, 6.07) is 4.19. The molecule has 0 aromatic carbocycles. The molecule has 4 heteroatoms. The number of rotatable bonds is 5. The molecule has 1 aromatic heterocycles. The number of nitrogens with zero attached hydrogens (tertiary/aromatic N) is 3. The molecule has 0 atom stereocenters. The maximum Gasteiger partial charge on any atom is 0.0544 e. The molecule has 0 bridgehead atoms. The fraction of sp³-hybridized carbons (Fsp3) is 0.667. The summed E-state index contributed by atoms with van der Waals surface area (Å²) in [4.78, 5) is 9.29. The molecule has 1 aliphatic rings. The first-order valence-corrected chi connectivity index (χ1v) is 7.18. The highest BCUT2D eigenvalue weighted by molar-refractivity contribution is 5.13. The smallest absolute Gasteiger partial charge is 0.0544 e. The summed E-state index contributed by atoms with van der Waals surface area (Å²) in [6.07, 6.45) is 4.51. The molecule has 106 valence electrons. The van der Waals surface area contributed by atoms with Crippen molar-refractivity contribution in [3.63, 3.8) is 0 Å². The van der Waals surface area contributed by atoms with Crippen molar-refractivity contribution in [2.24, 2.45) is 11.7 Å². The lowest BCUT2D eigenvalue weighted by Crippen LogP contribution is -2.36. The van der Waals surface area contributed by atoms with E-state index in [9.17, 15) is 0 Å². The minimum atomic E-state index is 0.573.